The van der Waals surface area contributed by atoms with Crippen LogP contribution in [0.4, 0.5) is 4.79 Å². The number of aliphatic hydroxyl groups excluding tert-OH is 1. The smallest absolute Gasteiger partial charge is 0.328 e. The number of aliphatic carboxylic acids is 1. The summed E-state index contributed by atoms with van der Waals surface area (Å²) in [7, 11) is 0. The van der Waals surface area contributed by atoms with Gasteiger partial charge in [-0.1, -0.05) is 0 Å². The Morgan fingerprint density at radius 1 is 1.40 bits per heavy atom. The molecular weight excluding hydrogens is 206 g/mol. The normalized spacial score (nSPS) is 13.7. The summed E-state index contributed by atoms with van der Waals surface area (Å²) in [5.74, 6) is -2.13. The molecule has 8 nitrogen and oxygen atoms in total. The Bertz CT molecular complexity index is 265. The van der Waals surface area contributed by atoms with Crippen molar-refractivity contribution in [3.05, 3.63) is 0 Å². The van der Waals surface area contributed by atoms with E-state index >= 15 is 0 Å². The maximum absolute atomic E-state index is 11.0. The molecule has 0 aliphatic heterocycles. The van der Waals surface area contributed by atoms with Gasteiger partial charge in [0.25, 0.3) is 0 Å². The zero-order valence-electron chi connectivity index (χ0n) is 8.06. The molecule has 0 aromatic rings. The third kappa shape index (κ3) is 5.47. The molecule has 86 valence electrons. The van der Waals surface area contributed by atoms with Crippen LogP contribution in [0, 0.1) is 0 Å². The number of carboxylic acids is 1. The second-order valence-corrected chi connectivity index (χ2v) is 2.85. The van der Waals surface area contributed by atoms with Gasteiger partial charge in [-0.25, -0.2) is 9.59 Å². The highest BCUT2D eigenvalue weighted by molar-refractivity contribution is 5.86. The van der Waals surface area contributed by atoms with E-state index in [-0.39, 0.29) is 0 Å². The van der Waals surface area contributed by atoms with Gasteiger partial charge in [0.05, 0.1) is 12.6 Å². The Morgan fingerprint density at radius 3 is 2.27 bits per heavy atom. The van der Waals surface area contributed by atoms with E-state index in [4.69, 9.17) is 15.9 Å². The standard InChI is InChI=1S/C7H13N3O5/c1-3(11)5(6(13)14)10-7(15)9-2-4(8)12/h3,5,11H,2H2,1H3,(H2,8,12)(H,13,14)(H2,9,10,15)/t3-,5+/m1/s1. The van der Waals surface area contributed by atoms with E-state index < -0.39 is 36.6 Å². The minimum atomic E-state index is -1.43. The SMILES string of the molecule is C[C@@H](O)[C@H](NC(=O)NCC(N)=O)C(=O)O. The number of aliphatic hydroxyl groups is 1. The van der Waals surface area contributed by atoms with Gasteiger partial charge in [0.15, 0.2) is 6.04 Å². The van der Waals surface area contributed by atoms with Crippen molar-refractivity contribution in [3.8, 4) is 0 Å². The molecule has 6 N–H and O–H groups in total. The van der Waals surface area contributed by atoms with Crippen LogP contribution >= 0.6 is 0 Å². The fourth-order valence-corrected chi connectivity index (χ4v) is 0.748. The predicted octanol–water partition coefficient (Wildman–Crippen LogP) is -2.40. The van der Waals surface area contributed by atoms with E-state index in [1.165, 1.54) is 6.92 Å². The van der Waals surface area contributed by atoms with Gasteiger partial charge in [-0.05, 0) is 6.92 Å². The molecule has 0 aromatic heterocycles. The second-order valence-electron chi connectivity index (χ2n) is 2.85. The van der Waals surface area contributed by atoms with Crippen LogP contribution in [0.5, 0.6) is 0 Å². The maximum atomic E-state index is 11.0. The molecule has 0 unspecified atom stereocenters. The molecule has 8 heteroatoms. The molecule has 0 bridgehead atoms. The predicted molar refractivity (Wildman–Crippen MR) is 48.8 cm³/mol. The first kappa shape index (κ1) is 13.2. The molecule has 2 atom stereocenters. The summed E-state index contributed by atoms with van der Waals surface area (Å²) in [6.45, 7) is 0.811. The molecule has 0 rings (SSSR count). The first-order chi connectivity index (χ1) is 6.84. The van der Waals surface area contributed by atoms with Gasteiger partial charge in [-0.15, -0.1) is 0 Å². The Hall–Kier alpha value is -1.83. The van der Waals surface area contributed by atoms with Crippen LogP contribution in [0.15, 0.2) is 0 Å². The second kappa shape index (κ2) is 5.81. The summed E-state index contributed by atoms with van der Waals surface area (Å²) in [5.41, 5.74) is 4.74. The number of hydrogen-bond donors (Lipinski definition) is 5. The Kier molecular flexibility index (Phi) is 5.10. The van der Waals surface area contributed by atoms with Crippen molar-refractivity contribution in [3.63, 3.8) is 0 Å². The number of amides is 3. The fourth-order valence-electron chi connectivity index (χ4n) is 0.748. The third-order valence-corrected chi connectivity index (χ3v) is 1.46. The largest absolute Gasteiger partial charge is 0.480 e. The molecule has 0 saturated carbocycles. The lowest BCUT2D eigenvalue weighted by atomic mass is 10.2. The first-order valence-electron chi connectivity index (χ1n) is 4.08. The van der Waals surface area contributed by atoms with Crippen LogP contribution in [0.25, 0.3) is 0 Å². The van der Waals surface area contributed by atoms with Crippen LogP contribution in [0.3, 0.4) is 0 Å². The van der Waals surface area contributed by atoms with Gasteiger partial charge in [-0.2, -0.15) is 0 Å². The number of nitrogens with one attached hydrogen (secondary N) is 2. The van der Waals surface area contributed by atoms with Crippen LogP contribution < -0.4 is 16.4 Å². The van der Waals surface area contributed by atoms with E-state index in [1.807, 2.05) is 10.6 Å². The lowest BCUT2D eigenvalue weighted by Crippen LogP contribution is -2.52. The number of primary amides is 1. The minimum Gasteiger partial charge on any atom is -0.480 e. The van der Waals surface area contributed by atoms with Crippen molar-refractivity contribution >= 4 is 17.9 Å². The molecular formula is C7H13N3O5. The quantitative estimate of drug-likeness (QED) is 0.350. The van der Waals surface area contributed by atoms with Gasteiger partial charge in [0.1, 0.15) is 0 Å². The van der Waals surface area contributed by atoms with E-state index in [0.717, 1.165) is 0 Å². The van der Waals surface area contributed by atoms with Crippen molar-refractivity contribution in [2.45, 2.75) is 19.1 Å². The molecule has 0 radical (unpaired) electrons. The average Bonchev–Trinajstić information content (AvgIpc) is 2.09. The van der Waals surface area contributed by atoms with Gasteiger partial charge in [-0.3, -0.25) is 4.79 Å². The monoisotopic (exact) mass is 219 g/mol. The van der Waals surface area contributed by atoms with E-state index in [9.17, 15) is 14.4 Å². The molecule has 0 aliphatic carbocycles. The zero-order valence-corrected chi connectivity index (χ0v) is 8.06. The van der Waals surface area contributed by atoms with E-state index in [2.05, 4.69) is 0 Å². The molecule has 0 fully saturated rings. The highest BCUT2D eigenvalue weighted by Gasteiger charge is 2.24. The van der Waals surface area contributed by atoms with Crippen molar-refractivity contribution < 1.29 is 24.6 Å². The summed E-state index contributed by atoms with van der Waals surface area (Å²) >= 11 is 0. The minimum absolute atomic E-state index is 0.405. The number of rotatable bonds is 5. The Morgan fingerprint density at radius 2 is 1.93 bits per heavy atom. The van der Waals surface area contributed by atoms with Crippen molar-refractivity contribution in [2.24, 2.45) is 5.73 Å². The zero-order chi connectivity index (χ0) is 12.0. The fraction of sp³-hybridized carbons (Fsp3) is 0.571. The number of carbonyl (C=O) groups excluding carboxylic acids is 2. The summed E-state index contributed by atoms with van der Waals surface area (Å²) in [6.07, 6.45) is -1.25. The highest BCUT2D eigenvalue weighted by Crippen LogP contribution is 1.92. The molecule has 0 spiro atoms. The summed E-state index contributed by atoms with van der Waals surface area (Å²) in [6, 6.07) is -2.32. The Balaban J connectivity index is 4.12. The molecule has 0 aliphatic rings. The van der Waals surface area contributed by atoms with Crippen molar-refractivity contribution in [1.82, 2.24) is 10.6 Å². The molecule has 0 heterocycles. The van der Waals surface area contributed by atoms with Gasteiger partial charge >= 0.3 is 12.0 Å². The highest BCUT2D eigenvalue weighted by atomic mass is 16.4. The van der Waals surface area contributed by atoms with Crippen LogP contribution in [0.2, 0.25) is 0 Å². The molecule has 0 saturated heterocycles. The summed E-state index contributed by atoms with van der Waals surface area (Å²) in [4.78, 5) is 31.8. The van der Waals surface area contributed by atoms with Gasteiger partial charge in [0, 0.05) is 0 Å². The van der Waals surface area contributed by atoms with Crippen LogP contribution in [-0.4, -0.2) is 46.8 Å². The van der Waals surface area contributed by atoms with Crippen LogP contribution in [0.1, 0.15) is 6.92 Å². The van der Waals surface area contributed by atoms with Gasteiger partial charge in [0.2, 0.25) is 5.91 Å². The third-order valence-electron chi connectivity index (χ3n) is 1.46. The number of carbonyl (C=O) groups is 3. The number of nitrogens with two attached hydrogens (primary N) is 1. The van der Waals surface area contributed by atoms with Crippen molar-refractivity contribution in [2.75, 3.05) is 6.54 Å². The average molecular weight is 219 g/mol. The first-order valence-corrected chi connectivity index (χ1v) is 4.08. The summed E-state index contributed by atoms with van der Waals surface area (Å²) < 4.78 is 0. The lowest BCUT2D eigenvalue weighted by molar-refractivity contribution is -0.141. The molecule has 0 aromatic carbocycles. The number of hydrogen-bond acceptors (Lipinski definition) is 4. The topological polar surface area (TPSA) is 142 Å². The maximum Gasteiger partial charge on any atom is 0.328 e. The molecule has 3 amide bonds. The van der Waals surface area contributed by atoms with Crippen molar-refractivity contribution in [1.29, 1.82) is 0 Å². The number of urea groups is 1. The van der Waals surface area contributed by atoms with Gasteiger partial charge < -0.3 is 26.6 Å². The van der Waals surface area contributed by atoms with E-state index in [0.29, 0.717) is 0 Å². The number of carboxylic acid groups (broad SMARTS) is 1. The molecule has 15 heavy (non-hydrogen) atoms. The Labute approximate surface area is 85.4 Å². The van der Waals surface area contributed by atoms with E-state index in [1.54, 1.807) is 0 Å². The lowest BCUT2D eigenvalue weighted by Gasteiger charge is -2.16. The van der Waals surface area contributed by atoms with Crippen LogP contribution in [-0.2, 0) is 9.59 Å². The summed E-state index contributed by atoms with van der Waals surface area (Å²) in [5, 5.41) is 21.6.